The van der Waals surface area contributed by atoms with Crippen LogP contribution < -0.4 is 10.6 Å². The van der Waals surface area contributed by atoms with Gasteiger partial charge in [0.1, 0.15) is 0 Å². The number of nitrogens with one attached hydrogen (secondary N) is 2. The van der Waals surface area contributed by atoms with E-state index in [9.17, 15) is 4.79 Å². The topological polar surface area (TPSA) is 41.1 Å². The quantitative estimate of drug-likeness (QED) is 0.845. The molecule has 0 saturated heterocycles. The van der Waals surface area contributed by atoms with Crippen LogP contribution in [-0.2, 0) is 4.79 Å². The highest BCUT2D eigenvalue weighted by Crippen LogP contribution is 2.26. The molecule has 1 amide bonds. The first-order valence-electron chi connectivity index (χ1n) is 6.41. The van der Waals surface area contributed by atoms with Gasteiger partial charge in [0.15, 0.2) is 0 Å². The molecule has 5 heteroatoms. The summed E-state index contributed by atoms with van der Waals surface area (Å²) < 4.78 is 0. The van der Waals surface area contributed by atoms with Crippen molar-refractivity contribution in [1.82, 2.24) is 10.6 Å². The van der Waals surface area contributed by atoms with Crippen LogP contribution in [-0.4, -0.2) is 19.0 Å². The van der Waals surface area contributed by atoms with Crippen LogP contribution in [0, 0.1) is 5.92 Å². The second-order valence-electron chi connectivity index (χ2n) is 4.60. The summed E-state index contributed by atoms with van der Waals surface area (Å²) in [7, 11) is 0. The minimum Gasteiger partial charge on any atom is -0.349 e. The molecule has 0 fully saturated rings. The third-order valence-corrected chi connectivity index (χ3v) is 3.50. The van der Waals surface area contributed by atoms with Gasteiger partial charge in [-0.2, -0.15) is 0 Å². The normalized spacial score (nSPS) is 13.9. The van der Waals surface area contributed by atoms with Gasteiger partial charge in [0.05, 0.1) is 6.04 Å². The fraction of sp³-hybridized carbons (Fsp3) is 0.500. The van der Waals surface area contributed by atoms with Gasteiger partial charge in [-0.1, -0.05) is 43.1 Å². The Bertz CT molecular complexity index is 437. The Morgan fingerprint density at radius 3 is 2.58 bits per heavy atom. The van der Waals surface area contributed by atoms with Gasteiger partial charge in [-0.3, -0.25) is 4.79 Å². The largest absolute Gasteiger partial charge is 0.349 e. The molecule has 2 unspecified atom stereocenters. The van der Waals surface area contributed by atoms with Crippen LogP contribution >= 0.6 is 23.2 Å². The van der Waals surface area contributed by atoms with Gasteiger partial charge in [0.2, 0.25) is 5.91 Å². The molecule has 0 saturated carbocycles. The average molecular weight is 303 g/mol. The van der Waals surface area contributed by atoms with E-state index in [2.05, 4.69) is 10.6 Å². The number of carbonyl (C=O) groups is 1. The highest BCUT2D eigenvalue weighted by molar-refractivity contribution is 6.35. The van der Waals surface area contributed by atoms with Gasteiger partial charge in [-0.15, -0.1) is 0 Å². The fourth-order valence-corrected chi connectivity index (χ4v) is 2.31. The second-order valence-corrected chi connectivity index (χ2v) is 5.45. The molecule has 1 rings (SSSR count). The van der Waals surface area contributed by atoms with E-state index in [4.69, 9.17) is 23.2 Å². The van der Waals surface area contributed by atoms with Crippen LogP contribution in [0.3, 0.4) is 0 Å². The molecular weight excluding hydrogens is 283 g/mol. The molecule has 0 heterocycles. The molecule has 19 heavy (non-hydrogen) atoms. The van der Waals surface area contributed by atoms with Crippen LogP contribution in [0.2, 0.25) is 10.0 Å². The van der Waals surface area contributed by atoms with E-state index in [1.165, 1.54) is 0 Å². The number of hydrogen-bond acceptors (Lipinski definition) is 2. The Morgan fingerprint density at radius 1 is 1.32 bits per heavy atom. The van der Waals surface area contributed by atoms with Crippen LogP contribution in [0.25, 0.3) is 0 Å². The summed E-state index contributed by atoms with van der Waals surface area (Å²) in [6.45, 7) is 7.35. The van der Waals surface area contributed by atoms with E-state index in [1.807, 2.05) is 26.8 Å². The predicted octanol–water partition coefficient (Wildman–Crippen LogP) is 3.42. The first-order valence-corrected chi connectivity index (χ1v) is 7.17. The van der Waals surface area contributed by atoms with E-state index < -0.39 is 0 Å². The fourth-order valence-electron chi connectivity index (χ4n) is 1.74. The molecule has 0 aromatic heterocycles. The molecule has 2 atom stereocenters. The number of halogens is 2. The van der Waals surface area contributed by atoms with Crippen LogP contribution in [0.5, 0.6) is 0 Å². The highest BCUT2D eigenvalue weighted by Gasteiger charge is 2.17. The number of hydrogen-bond donors (Lipinski definition) is 2. The third-order valence-electron chi connectivity index (χ3n) is 2.94. The lowest BCUT2D eigenvalue weighted by atomic mass is 10.1. The predicted molar refractivity (Wildman–Crippen MR) is 80.7 cm³/mol. The van der Waals surface area contributed by atoms with Crippen molar-refractivity contribution in [2.75, 3.05) is 13.1 Å². The number of benzene rings is 1. The van der Waals surface area contributed by atoms with Crippen molar-refractivity contribution in [3.8, 4) is 0 Å². The lowest BCUT2D eigenvalue weighted by Crippen LogP contribution is -2.36. The van der Waals surface area contributed by atoms with Crippen molar-refractivity contribution in [3.05, 3.63) is 33.8 Å². The lowest BCUT2D eigenvalue weighted by Gasteiger charge is -2.19. The van der Waals surface area contributed by atoms with Gasteiger partial charge in [0, 0.05) is 22.5 Å². The molecule has 1 aromatic carbocycles. The van der Waals surface area contributed by atoms with Crippen LogP contribution in [0.4, 0.5) is 0 Å². The molecule has 106 valence electrons. The summed E-state index contributed by atoms with van der Waals surface area (Å²) in [5.74, 6) is -0.0621. The van der Waals surface area contributed by atoms with Crippen molar-refractivity contribution in [3.63, 3.8) is 0 Å². The lowest BCUT2D eigenvalue weighted by molar-refractivity contribution is -0.125. The van der Waals surface area contributed by atoms with E-state index >= 15 is 0 Å². The Hall–Kier alpha value is -0.770. The van der Waals surface area contributed by atoms with Gasteiger partial charge >= 0.3 is 0 Å². The second kappa shape index (κ2) is 7.73. The molecule has 0 aliphatic carbocycles. The summed E-state index contributed by atoms with van der Waals surface area (Å²) in [4.78, 5) is 12.0. The number of carbonyl (C=O) groups excluding carboxylic acids is 1. The summed E-state index contributed by atoms with van der Waals surface area (Å²) in [5, 5.41) is 7.27. The highest BCUT2D eigenvalue weighted by atomic mass is 35.5. The SMILES string of the molecule is CCNCC(C)C(=O)NC(C)c1ccc(Cl)cc1Cl. The maximum absolute atomic E-state index is 12.0. The Morgan fingerprint density at radius 2 is 2.00 bits per heavy atom. The number of amides is 1. The molecule has 1 aromatic rings. The number of rotatable bonds is 6. The molecular formula is C14H20Cl2N2O. The van der Waals surface area contributed by atoms with Crippen molar-refractivity contribution < 1.29 is 4.79 Å². The summed E-state index contributed by atoms with van der Waals surface area (Å²) >= 11 is 12.0. The van der Waals surface area contributed by atoms with Crippen LogP contribution in [0.15, 0.2) is 18.2 Å². The maximum atomic E-state index is 12.0. The van der Waals surface area contributed by atoms with Gasteiger partial charge < -0.3 is 10.6 Å². The zero-order valence-corrected chi connectivity index (χ0v) is 13.0. The Labute approximate surface area is 124 Å². The molecule has 0 spiro atoms. The smallest absolute Gasteiger partial charge is 0.224 e. The van der Waals surface area contributed by atoms with Gasteiger partial charge in [-0.05, 0) is 31.2 Å². The van der Waals surface area contributed by atoms with E-state index in [-0.39, 0.29) is 17.9 Å². The zero-order chi connectivity index (χ0) is 14.4. The summed E-state index contributed by atoms with van der Waals surface area (Å²) in [6, 6.07) is 5.16. The first kappa shape index (κ1) is 16.3. The summed E-state index contributed by atoms with van der Waals surface area (Å²) in [5.41, 5.74) is 0.870. The maximum Gasteiger partial charge on any atom is 0.224 e. The standard InChI is InChI=1S/C14H20Cl2N2O/c1-4-17-8-9(2)14(19)18-10(3)12-6-5-11(15)7-13(12)16/h5-7,9-10,17H,4,8H2,1-3H3,(H,18,19). The molecule has 0 bridgehead atoms. The average Bonchev–Trinajstić information content (AvgIpc) is 2.35. The zero-order valence-electron chi connectivity index (χ0n) is 11.5. The van der Waals surface area contributed by atoms with Crippen molar-refractivity contribution in [2.24, 2.45) is 5.92 Å². The molecule has 0 aliphatic heterocycles. The van der Waals surface area contributed by atoms with Crippen molar-refractivity contribution in [2.45, 2.75) is 26.8 Å². The third kappa shape index (κ3) is 5.01. The Balaban J connectivity index is 2.63. The molecule has 3 nitrogen and oxygen atoms in total. The van der Waals surface area contributed by atoms with Gasteiger partial charge in [-0.25, -0.2) is 0 Å². The van der Waals surface area contributed by atoms with E-state index in [0.717, 1.165) is 12.1 Å². The summed E-state index contributed by atoms with van der Waals surface area (Å²) in [6.07, 6.45) is 0. The van der Waals surface area contributed by atoms with Crippen molar-refractivity contribution >= 4 is 29.1 Å². The van der Waals surface area contributed by atoms with Crippen molar-refractivity contribution in [1.29, 1.82) is 0 Å². The van der Waals surface area contributed by atoms with Gasteiger partial charge in [0.25, 0.3) is 0 Å². The minimum absolute atomic E-state index is 0.0134. The van der Waals surface area contributed by atoms with E-state index in [1.54, 1.807) is 12.1 Å². The molecule has 0 radical (unpaired) electrons. The first-order chi connectivity index (χ1) is 8.95. The van der Waals surface area contributed by atoms with E-state index in [0.29, 0.717) is 16.6 Å². The molecule has 0 aliphatic rings. The van der Waals surface area contributed by atoms with Crippen LogP contribution in [0.1, 0.15) is 32.4 Å². The molecule has 2 N–H and O–H groups in total. The minimum atomic E-state index is -0.138. The monoisotopic (exact) mass is 302 g/mol. The Kier molecular flexibility index (Phi) is 6.63.